The van der Waals surface area contributed by atoms with Crippen molar-refractivity contribution >= 4 is 0 Å². The SMILES string of the molecule is NC(c1ccccc1)C(O)CC1CCCCC1. The van der Waals surface area contributed by atoms with Crippen molar-refractivity contribution in [3.8, 4) is 0 Å². The fourth-order valence-electron chi connectivity index (χ4n) is 2.81. The van der Waals surface area contributed by atoms with Crippen LogP contribution in [0.25, 0.3) is 0 Å². The zero-order valence-electron chi connectivity index (χ0n) is 10.4. The molecular formula is C15H23NO. The second-order valence-corrected chi connectivity index (χ2v) is 5.24. The van der Waals surface area contributed by atoms with Crippen LogP contribution in [0.2, 0.25) is 0 Å². The number of benzene rings is 1. The van der Waals surface area contributed by atoms with Crippen molar-refractivity contribution in [1.29, 1.82) is 0 Å². The fraction of sp³-hybridized carbons (Fsp3) is 0.600. The van der Waals surface area contributed by atoms with Crippen LogP contribution in [0, 0.1) is 5.92 Å². The van der Waals surface area contributed by atoms with Crippen molar-refractivity contribution in [3.63, 3.8) is 0 Å². The van der Waals surface area contributed by atoms with Gasteiger partial charge in [-0.15, -0.1) is 0 Å². The molecule has 2 nitrogen and oxygen atoms in total. The molecule has 0 bridgehead atoms. The summed E-state index contributed by atoms with van der Waals surface area (Å²) in [6.07, 6.45) is 6.97. The first kappa shape index (κ1) is 12.6. The van der Waals surface area contributed by atoms with Crippen LogP contribution in [0.1, 0.15) is 50.1 Å². The van der Waals surface area contributed by atoms with E-state index >= 15 is 0 Å². The van der Waals surface area contributed by atoms with Crippen LogP contribution in [0.15, 0.2) is 30.3 Å². The Labute approximate surface area is 104 Å². The van der Waals surface area contributed by atoms with E-state index in [9.17, 15) is 5.11 Å². The lowest BCUT2D eigenvalue weighted by molar-refractivity contribution is 0.105. The largest absolute Gasteiger partial charge is 0.391 e. The van der Waals surface area contributed by atoms with Gasteiger partial charge in [-0.2, -0.15) is 0 Å². The van der Waals surface area contributed by atoms with Crippen molar-refractivity contribution in [2.75, 3.05) is 0 Å². The van der Waals surface area contributed by atoms with E-state index in [1.165, 1.54) is 32.1 Å². The van der Waals surface area contributed by atoms with Gasteiger partial charge in [-0.3, -0.25) is 0 Å². The molecule has 0 radical (unpaired) electrons. The minimum absolute atomic E-state index is 0.238. The molecule has 1 fully saturated rings. The molecule has 0 amide bonds. The number of nitrogens with two attached hydrogens (primary N) is 1. The molecule has 1 aliphatic carbocycles. The zero-order chi connectivity index (χ0) is 12.1. The van der Waals surface area contributed by atoms with Gasteiger partial charge in [0.1, 0.15) is 0 Å². The standard InChI is InChI=1S/C15H23NO/c16-15(13-9-5-2-6-10-13)14(17)11-12-7-3-1-4-8-12/h2,5-6,9-10,12,14-15,17H,1,3-4,7-8,11,16H2. The highest BCUT2D eigenvalue weighted by molar-refractivity contribution is 5.19. The van der Waals surface area contributed by atoms with Gasteiger partial charge in [-0.05, 0) is 17.9 Å². The van der Waals surface area contributed by atoms with E-state index in [2.05, 4.69) is 0 Å². The third kappa shape index (κ3) is 3.55. The van der Waals surface area contributed by atoms with Gasteiger partial charge in [0.2, 0.25) is 0 Å². The van der Waals surface area contributed by atoms with Gasteiger partial charge in [0.15, 0.2) is 0 Å². The average Bonchev–Trinajstić information content (AvgIpc) is 2.40. The van der Waals surface area contributed by atoms with E-state index in [0.29, 0.717) is 5.92 Å². The summed E-state index contributed by atoms with van der Waals surface area (Å²) in [5, 5.41) is 10.2. The van der Waals surface area contributed by atoms with Gasteiger partial charge in [0, 0.05) is 0 Å². The molecule has 0 saturated heterocycles. The van der Waals surface area contributed by atoms with Crippen LogP contribution in [-0.4, -0.2) is 11.2 Å². The van der Waals surface area contributed by atoms with E-state index in [1.54, 1.807) is 0 Å². The smallest absolute Gasteiger partial charge is 0.0735 e. The molecule has 2 rings (SSSR count). The molecule has 17 heavy (non-hydrogen) atoms. The Morgan fingerprint density at radius 2 is 1.76 bits per heavy atom. The highest BCUT2D eigenvalue weighted by atomic mass is 16.3. The first-order valence-electron chi connectivity index (χ1n) is 6.76. The maximum atomic E-state index is 10.2. The summed E-state index contributed by atoms with van der Waals surface area (Å²) in [6.45, 7) is 0. The molecule has 0 heterocycles. The van der Waals surface area contributed by atoms with Crippen LogP contribution in [0.4, 0.5) is 0 Å². The molecule has 1 aromatic carbocycles. The van der Waals surface area contributed by atoms with Gasteiger partial charge in [-0.1, -0.05) is 62.4 Å². The highest BCUT2D eigenvalue weighted by Crippen LogP contribution is 2.29. The molecule has 2 heteroatoms. The van der Waals surface area contributed by atoms with E-state index < -0.39 is 6.10 Å². The Morgan fingerprint density at radius 1 is 1.12 bits per heavy atom. The first-order chi connectivity index (χ1) is 8.27. The summed E-state index contributed by atoms with van der Waals surface area (Å²) < 4.78 is 0. The minimum Gasteiger partial charge on any atom is -0.391 e. The highest BCUT2D eigenvalue weighted by Gasteiger charge is 2.22. The van der Waals surface area contributed by atoms with Crippen LogP contribution in [0.5, 0.6) is 0 Å². The normalized spacial score (nSPS) is 21.1. The third-order valence-corrected chi connectivity index (χ3v) is 3.90. The number of hydrogen-bond acceptors (Lipinski definition) is 2. The van der Waals surface area contributed by atoms with Crippen LogP contribution >= 0.6 is 0 Å². The summed E-state index contributed by atoms with van der Waals surface area (Å²) in [7, 11) is 0. The number of rotatable bonds is 4. The summed E-state index contributed by atoms with van der Waals surface area (Å²) in [5.74, 6) is 0.675. The van der Waals surface area contributed by atoms with E-state index in [0.717, 1.165) is 12.0 Å². The third-order valence-electron chi connectivity index (χ3n) is 3.90. The molecule has 2 atom stereocenters. The number of aliphatic hydroxyl groups is 1. The molecule has 1 aromatic rings. The topological polar surface area (TPSA) is 46.2 Å². The lowest BCUT2D eigenvalue weighted by Gasteiger charge is -2.27. The van der Waals surface area contributed by atoms with Crippen molar-refractivity contribution < 1.29 is 5.11 Å². The van der Waals surface area contributed by atoms with Crippen molar-refractivity contribution in [3.05, 3.63) is 35.9 Å². The summed E-state index contributed by atoms with van der Waals surface area (Å²) in [6, 6.07) is 9.68. The Bertz CT molecular complexity index is 319. The van der Waals surface area contributed by atoms with E-state index in [4.69, 9.17) is 5.73 Å². The first-order valence-corrected chi connectivity index (χ1v) is 6.76. The number of aliphatic hydroxyl groups excluding tert-OH is 1. The monoisotopic (exact) mass is 233 g/mol. The Hall–Kier alpha value is -0.860. The molecule has 1 aliphatic rings. The second kappa shape index (κ2) is 6.18. The quantitative estimate of drug-likeness (QED) is 0.839. The second-order valence-electron chi connectivity index (χ2n) is 5.24. The lowest BCUT2D eigenvalue weighted by atomic mass is 9.83. The van der Waals surface area contributed by atoms with Gasteiger partial charge in [0.05, 0.1) is 12.1 Å². The summed E-state index contributed by atoms with van der Waals surface area (Å²) in [5.41, 5.74) is 7.14. The van der Waals surface area contributed by atoms with E-state index in [1.807, 2.05) is 30.3 Å². The predicted molar refractivity (Wildman–Crippen MR) is 70.6 cm³/mol. The summed E-state index contributed by atoms with van der Waals surface area (Å²) >= 11 is 0. The van der Waals surface area contributed by atoms with Crippen molar-refractivity contribution in [2.24, 2.45) is 11.7 Å². The van der Waals surface area contributed by atoms with Crippen LogP contribution in [0.3, 0.4) is 0 Å². The maximum Gasteiger partial charge on any atom is 0.0735 e. The maximum absolute atomic E-state index is 10.2. The summed E-state index contributed by atoms with van der Waals surface area (Å²) in [4.78, 5) is 0. The molecule has 3 N–H and O–H groups in total. The van der Waals surface area contributed by atoms with Crippen LogP contribution < -0.4 is 5.73 Å². The van der Waals surface area contributed by atoms with Crippen molar-refractivity contribution in [2.45, 2.75) is 50.7 Å². The lowest BCUT2D eigenvalue weighted by Crippen LogP contribution is -2.28. The van der Waals surface area contributed by atoms with Crippen LogP contribution in [-0.2, 0) is 0 Å². The van der Waals surface area contributed by atoms with Gasteiger partial charge < -0.3 is 10.8 Å². The van der Waals surface area contributed by atoms with Crippen molar-refractivity contribution in [1.82, 2.24) is 0 Å². The van der Waals surface area contributed by atoms with E-state index in [-0.39, 0.29) is 6.04 Å². The molecule has 2 unspecified atom stereocenters. The predicted octanol–water partition coefficient (Wildman–Crippen LogP) is 3.02. The Morgan fingerprint density at radius 3 is 2.41 bits per heavy atom. The number of hydrogen-bond donors (Lipinski definition) is 2. The minimum atomic E-state index is -0.402. The molecular weight excluding hydrogens is 210 g/mol. The molecule has 1 saturated carbocycles. The molecule has 0 aromatic heterocycles. The zero-order valence-corrected chi connectivity index (χ0v) is 10.4. The Balaban J connectivity index is 1.88. The van der Waals surface area contributed by atoms with Gasteiger partial charge >= 0.3 is 0 Å². The van der Waals surface area contributed by atoms with Gasteiger partial charge in [-0.25, -0.2) is 0 Å². The average molecular weight is 233 g/mol. The molecule has 0 spiro atoms. The fourth-order valence-corrected chi connectivity index (χ4v) is 2.81. The molecule has 0 aliphatic heterocycles. The molecule has 94 valence electrons. The van der Waals surface area contributed by atoms with Gasteiger partial charge in [0.25, 0.3) is 0 Å². The Kier molecular flexibility index (Phi) is 4.57.